The van der Waals surface area contributed by atoms with Crippen molar-refractivity contribution in [2.24, 2.45) is 5.92 Å². The number of hydrogen-bond donors (Lipinski definition) is 1. The number of likely N-dealkylation sites (tertiary alicyclic amines) is 1. The quantitative estimate of drug-likeness (QED) is 0.780. The van der Waals surface area contributed by atoms with Crippen LogP contribution in [-0.4, -0.2) is 65.4 Å². The Balaban J connectivity index is 2.10. The van der Waals surface area contributed by atoms with Crippen LogP contribution in [0, 0.1) is 5.92 Å². The number of piperidine rings is 1. The molecule has 2 heterocycles. The minimum absolute atomic E-state index is 0.171. The smallest absolute Gasteiger partial charge is 0.410 e. The van der Waals surface area contributed by atoms with Crippen LogP contribution in [0.3, 0.4) is 0 Å². The lowest BCUT2D eigenvalue weighted by molar-refractivity contribution is -0.0494. The number of carbonyl (C=O) groups excluding carboxylic acids is 1. The van der Waals surface area contributed by atoms with E-state index in [1.165, 1.54) is 0 Å². The molecule has 1 N–H and O–H groups in total. The zero-order valence-electron chi connectivity index (χ0n) is 12.4. The summed E-state index contributed by atoms with van der Waals surface area (Å²) in [6.07, 6.45) is 1.54. The fraction of sp³-hybridized carbons (Fsp3) is 0.929. The number of aliphatic hydroxyl groups is 1. The predicted octanol–water partition coefficient (Wildman–Crippen LogP) is 1.31. The van der Waals surface area contributed by atoms with E-state index in [4.69, 9.17) is 4.74 Å². The zero-order valence-corrected chi connectivity index (χ0v) is 12.4. The van der Waals surface area contributed by atoms with Crippen molar-refractivity contribution in [1.82, 2.24) is 9.80 Å². The van der Waals surface area contributed by atoms with E-state index in [9.17, 15) is 9.90 Å². The van der Waals surface area contributed by atoms with Gasteiger partial charge in [-0.1, -0.05) is 0 Å². The van der Waals surface area contributed by atoms with Gasteiger partial charge in [-0.05, 0) is 46.6 Å². The highest BCUT2D eigenvalue weighted by atomic mass is 16.6. The van der Waals surface area contributed by atoms with Gasteiger partial charge in [0.25, 0.3) is 0 Å². The van der Waals surface area contributed by atoms with Crippen molar-refractivity contribution in [2.45, 2.75) is 51.3 Å². The van der Waals surface area contributed by atoms with Crippen molar-refractivity contribution in [3.8, 4) is 0 Å². The van der Waals surface area contributed by atoms with E-state index in [-0.39, 0.29) is 24.8 Å². The Morgan fingerprint density at radius 3 is 2.21 bits per heavy atom. The van der Waals surface area contributed by atoms with Gasteiger partial charge in [0.15, 0.2) is 0 Å². The first-order valence-corrected chi connectivity index (χ1v) is 7.11. The SMILES string of the molecule is CN1CC2CC(CO)CC(C1)N2C(=O)OC(C)(C)C. The molecule has 2 saturated heterocycles. The second-order valence-corrected chi connectivity index (χ2v) is 6.94. The molecule has 0 saturated carbocycles. The normalized spacial score (nSPS) is 32.3. The molecule has 0 aromatic heterocycles. The number of piperazine rings is 1. The first-order valence-electron chi connectivity index (χ1n) is 7.11. The molecule has 2 unspecified atom stereocenters. The average molecular weight is 270 g/mol. The summed E-state index contributed by atoms with van der Waals surface area (Å²) in [7, 11) is 2.09. The highest BCUT2D eigenvalue weighted by Gasteiger charge is 2.43. The van der Waals surface area contributed by atoms with Crippen LogP contribution in [0.4, 0.5) is 4.79 Å². The van der Waals surface area contributed by atoms with Crippen LogP contribution in [0.1, 0.15) is 33.6 Å². The Kier molecular flexibility index (Phi) is 4.06. The minimum atomic E-state index is -0.453. The fourth-order valence-electron chi connectivity index (χ4n) is 3.27. The second kappa shape index (κ2) is 5.29. The topological polar surface area (TPSA) is 53.0 Å². The molecular weight excluding hydrogens is 244 g/mol. The van der Waals surface area contributed by atoms with Gasteiger partial charge < -0.3 is 14.7 Å². The number of hydrogen-bond acceptors (Lipinski definition) is 4. The molecule has 1 amide bonds. The summed E-state index contributed by atoms with van der Waals surface area (Å²) >= 11 is 0. The lowest BCUT2D eigenvalue weighted by Gasteiger charge is -2.51. The molecule has 110 valence electrons. The predicted molar refractivity (Wildman–Crippen MR) is 73.0 cm³/mol. The third kappa shape index (κ3) is 3.39. The van der Waals surface area contributed by atoms with Crippen molar-refractivity contribution in [1.29, 1.82) is 0 Å². The molecule has 5 heteroatoms. The Hall–Kier alpha value is -0.810. The van der Waals surface area contributed by atoms with Crippen molar-refractivity contribution in [3.63, 3.8) is 0 Å². The largest absolute Gasteiger partial charge is 0.444 e. The summed E-state index contributed by atoms with van der Waals surface area (Å²) in [6.45, 7) is 7.64. The molecule has 19 heavy (non-hydrogen) atoms. The van der Waals surface area contributed by atoms with Gasteiger partial charge in [-0.25, -0.2) is 4.79 Å². The number of aliphatic hydroxyl groups excluding tert-OH is 1. The van der Waals surface area contributed by atoms with Gasteiger partial charge in [0.1, 0.15) is 5.60 Å². The highest BCUT2D eigenvalue weighted by molar-refractivity contribution is 5.69. The number of nitrogens with zero attached hydrogens (tertiary/aromatic N) is 2. The van der Waals surface area contributed by atoms with Gasteiger partial charge in [-0.3, -0.25) is 4.90 Å². The first-order chi connectivity index (χ1) is 8.80. The fourth-order valence-corrected chi connectivity index (χ4v) is 3.27. The van der Waals surface area contributed by atoms with Gasteiger partial charge in [-0.2, -0.15) is 0 Å². The Morgan fingerprint density at radius 1 is 1.26 bits per heavy atom. The molecule has 2 atom stereocenters. The molecule has 2 bridgehead atoms. The average Bonchev–Trinajstić information content (AvgIpc) is 2.24. The van der Waals surface area contributed by atoms with Crippen LogP contribution in [-0.2, 0) is 4.74 Å². The third-order valence-corrected chi connectivity index (χ3v) is 3.90. The van der Waals surface area contributed by atoms with E-state index in [0.29, 0.717) is 5.92 Å². The molecular formula is C14H26N2O3. The van der Waals surface area contributed by atoms with Crippen LogP contribution in [0.5, 0.6) is 0 Å². The molecule has 0 aromatic rings. The van der Waals surface area contributed by atoms with Crippen molar-refractivity contribution < 1.29 is 14.6 Å². The first kappa shape index (κ1) is 14.6. The molecule has 2 aliphatic heterocycles. The van der Waals surface area contributed by atoms with E-state index < -0.39 is 5.60 Å². The van der Waals surface area contributed by atoms with E-state index in [0.717, 1.165) is 25.9 Å². The molecule has 2 aliphatic rings. The molecule has 2 rings (SSSR count). The van der Waals surface area contributed by atoms with Crippen LogP contribution in [0.25, 0.3) is 0 Å². The molecule has 0 aromatic carbocycles. The summed E-state index contributed by atoms with van der Waals surface area (Å²) in [5.74, 6) is 0.322. The molecule has 2 fully saturated rings. The molecule has 5 nitrogen and oxygen atoms in total. The van der Waals surface area contributed by atoms with E-state index >= 15 is 0 Å². The monoisotopic (exact) mass is 270 g/mol. The van der Waals surface area contributed by atoms with E-state index in [1.807, 2.05) is 25.7 Å². The lowest BCUT2D eigenvalue weighted by atomic mass is 9.84. The van der Waals surface area contributed by atoms with Crippen molar-refractivity contribution in [3.05, 3.63) is 0 Å². The minimum Gasteiger partial charge on any atom is -0.444 e. The second-order valence-electron chi connectivity index (χ2n) is 6.94. The third-order valence-electron chi connectivity index (χ3n) is 3.90. The summed E-state index contributed by atoms with van der Waals surface area (Å²) in [6, 6.07) is 0.342. The van der Waals surface area contributed by atoms with Crippen molar-refractivity contribution in [2.75, 3.05) is 26.7 Å². The number of rotatable bonds is 1. The van der Waals surface area contributed by atoms with E-state index in [2.05, 4.69) is 11.9 Å². The maximum Gasteiger partial charge on any atom is 0.410 e. The Bertz CT molecular complexity index is 324. The summed E-state index contributed by atoms with van der Waals surface area (Å²) in [5, 5.41) is 9.38. The maximum absolute atomic E-state index is 12.4. The van der Waals surface area contributed by atoms with Gasteiger partial charge in [0.2, 0.25) is 0 Å². The number of ether oxygens (including phenoxy) is 1. The van der Waals surface area contributed by atoms with Gasteiger partial charge >= 0.3 is 6.09 Å². The van der Waals surface area contributed by atoms with Gasteiger partial charge in [-0.15, -0.1) is 0 Å². The Morgan fingerprint density at radius 2 is 1.79 bits per heavy atom. The Labute approximate surface area is 115 Å². The number of carbonyl (C=O) groups is 1. The van der Waals surface area contributed by atoms with E-state index in [1.54, 1.807) is 0 Å². The zero-order chi connectivity index (χ0) is 14.2. The maximum atomic E-state index is 12.4. The highest BCUT2D eigenvalue weighted by Crippen LogP contribution is 2.33. The molecule has 0 spiro atoms. The summed E-state index contributed by atoms with van der Waals surface area (Å²) < 4.78 is 5.52. The number of amides is 1. The van der Waals surface area contributed by atoms with Crippen LogP contribution in [0.15, 0.2) is 0 Å². The summed E-state index contributed by atoms with van der Waals surface area (Å²) in [5.41, 5.74) is -0.453. The standard InChI is InChI=1S/C14H26N2O3/c1-14(2,3)19-13(18)16-11-5-10(9-17)6-12(16)8-15(4)7-11/h10-12,17H,5-9H2,1-4H3. The molecule has 0 aliphatic carbocycles. The molecule has 0 radical (unpaired) electrons. The number of fused-ring (bicyclic) bond motifs is 2. The van der Waals surface area contributed by atoms with Crippen LogP contribution < -0.4 is 0 Å². The lowest BCUT2D eigenvalue weighted by Crippen LogP contribution is -2.64. The van der Waals surface area contributed by atoms with Crippen LogP contribution >= 0.6 is 0 Å². The van der Waals surface area contributed by atoms with Gasteiger partial charge in [0.05, 0.1) is 0 Å². The summed E-state index contributed by atoms with van der Waals surface area (Å²) in [4.78, 5) is 16.5. The number of likely N-dealkylation sites (N-methyl/N-ethyl adjacent to an activating group) is 1. The van der Waals surface area contributed by atoms with Crippen LogP contribution in [0.2, 0.25) is 0 Å². The van der Waals surface area contributed by atoms with Crippen molar-refractivity contribution >= 4 is 6.09 Å². The van der Waals surface area contributed by atoms with Gasteiger partial charge in [0, 0.05) is 31.8 Å².